The van der Waals surface area contributed by atoms with E-state index in [-0.39, 0.29) is 18.4 Å². The van der Waals surface area contributed by atoms with Crippen LogP contribution in [-0.4, -0.2) is 46.6 Å². The van der Waals surface area contributed by atoms with E-state index in [4.69, 9.17) is 9.47 Å². The Morgan fingerprint density at radius 3 is 2.44 bits per heavy atom. The van der Waals surface area contributed by atoms with E-state index in [0.29, 0.717) is 34.7 Å². The molecule has 1 heterocycles. The SMILES string of the molecule is CCC(C)(C)NC(=O)[C@H](c1ccc(OC)cc1OC)N(C(=O)Cn1nnc2ccccc21)c1ccccc1C. The number of rotatable bonds is 10. The number of hydrogen-bond donors (Lipinski definition) is 1. The van der Waals surface area contributed by atoms with Crippen molar-refractivity contribution in [3.63, 3.8) is 0 Å². The highest BCUT2D eigenvalue weighted by atomic mass is 16.5. The largest absolute Gasteiger partial charge is 0.497 e. The summed E-state index contributed by atoms with van der Waals surface area (Å²) >= 11 is 0. The number of carbonyl (C=O) groups excluding carboxylic acids is 2. The first kappa shape index (κ1) is 27.6. The predicted octanol–water partition coefficient (Wildman–Crippen LogP) is 4.84. The van der Waals surface area contributed by atoms with Gasteiger partial charge in [-0.1, -0.05) is 42.5 Å². The van der Waals surface area contributed by atoms with Gasteiger partial charge in [-0.2, -0.15) is 0 Å². The summed E-state index contributed by atoms with van der Waals surface area (Å²) in [7, 11) is 3.10. The van der Waals surface area contributed by atoms with Crippen molar-refractivity contribution >= 4 is 28.5 Å². The molecule has 0 aliphatic carbocycles. The average Bonchev–Trinajstić information content (AvgIpc) is 3.34. The minimum atomic E-state index is -1.04. The lowest BCUT2D eigenvalue weighted by Gasteiger charge is -2.35. The van der Waals surface area contributed by atoms with Crippen molar-refractivity contribution in [1.29, 1.82) is 0 Å². The molecule has 204 valence electrons. The first-order valence-electron chi connectivity index (χ1n) is 12.9. The molecule has 0 fully saturated rings. The molecule has 9 heteroatoms. The van der Waals surface area contributed by atoms with Crippen LogP contribution in [0.3, 0.4) is 0 Å². The van der Waals surface area contributed by atoms with Gasteiger partial charge < -0.3 is 14.8 Å². The summed E-state index contributed by atoms with van der Waals surface area (Å²) in [6.45, 7) is 7.71. The van der Waals surface area contributed by atoms with Crippen LogP contribution in [0, 0.1) is 6.92 Å². The van der Waals surface area contributed by atoms with Crippen LogP contribution < -0.4 is 19.7 Å². The molecule has 1 N–H and O–H groups in total. The van der Waals surface area contributed by atoms with E-state index < -0.39 is 11.6 Å². The first-order valence-corrected chi connectivity index (χ1v) is 12.9. The Balaban J connectivity index is 1.89. The van der Waals surface area contributed by atoms with E-state index in [1.165, 1.54) is 12.0 Å². The molecule has 0 saturated carbocycles. The van der Waals surface area contributed by atoms with Gasteiger partial charge in [-0.3, -0.25) is 14.5 Å². The van der Waals surface area contributed by atoms with Gasteiger partial charge in [0.1, 0.15) is 29.6 Å². The van der Waals surface area contributed by atoms with Gasteiger partial charge in [-0.25, -0.2) is 4.68 Å². The molecule has 0 aliphatic heterocycles. The van der Waals surface area contributed by atoms with Gasteiger partial charge in [0.05, 0.1) is 19.7 Å². The molecule has 0 spiro atoms. The van der Waals surface area contributed by atoms with Crippen LogP contribution >= 0.6 is 0 Å². The van der Waals surface area contributed by atoms with Crippen LogP contribution in [0.2, 0.25) is 0 Å². The number of methoxy groups -OCH3 is 2. The number of hydrogen-bond acceptors (Lipinski definition) is 6. The smallest absolute Gasteiger partial charge is 0.249 e. The highest BCUT2D eigenvalue weighted by Crippen LogP contribution is 2.37. The molecule has 2 amide bonds. The Bertz CT molecular complexity index is 1480. The van der Waals surface area contributed by atoms with Crippen LogP contribution in [0.5, 0.6) is 11.5 Å². The molecule has 0 radical (unpaired) electrons. The van der Waals surface area contributed by atoms with Crippen molar-refractivity contribution in [3.8, 4) is 11.5 Å². The summed E-state index contributed by atoms with van der Waals surface area (Å²) in [5.74, 6) is 0.352. The highest BCUT2D eigenvalue weighted by molar-refractivity contribution is 6.02. The monoisotopic (exact) mass is 529 g/mol. The molecular weight excluding hydrogens is 494 g/mol. The third-order valence-electron chi connectivity index (χ3n) is 6.94. The van der Waals surface area contributed by atoms with E-state index >= 15 is 0 Å². The van der Waals surface area contributed by atoms with Gasteiger partial charge >= 0.3 is 0 Å². The number of fused-ring (bicyclic) bond motifs is 1. The van der Waals surface area contributed by atoms with Gasteiger partial charge in [0.2, 0.25) is 11.8 Å². The Labute approximate surface area is 228 Å². The van der Waals surface area contributed by atoms with Crippen molar-refractivity contribution in [2.24, 2.45) is 0 Å². The number of ether oxygens (including phenoxy) is 2. The highest BCUT2D eigenvalue weighted by Gasteiger charge is 2.37. The van der Waals surface area contributed by atoms with E-state index in [2.05, 4.69) is 15.6 Å². The number of aryl methyl sites for hydroxylation is 1. The Hall–Kier alpha value is -4.40. The minimum Gasteiger partial charge on any atom is -0.497 e. The van der Waals surface area contributed by atoms with Crippen molar-refractivity contribution in [1.82, 2.24) is 20.3 Å². The van der Waals surface area contributed by atoms with Crippen LogP contribution in [0.25, 0.3) is 11.0 Å². The average molecular weight is 530 g/mol. The molecule has 4 aromatic rings. The zero-order valence-electron chi connectivity index (χ0n) is 23.3. The lowest BCUT2D eigenvalue weighted by atomic mass is 9.97. The topological polar surface area (TPSA) is 98.6 Å². The van der Waals surface area contributed by atoms with E-state index in [1.807, 2.05) is 76.2 Å². The summed E-state index contributed by atoms with van der Waals surface area (Å²) in [6, 6.07) is 19.1. The summed E-state index contributed by atoms with van der Waals surface area (Å²) < 4.78 is 12.7. The molecule has 3 aromatic carbocycles. The number of aromatic nitrogens is 3. The summed E-state index contributed by atoms with van der Waals surface area (Å²) in [5, 5.41) is 11.6. The van der Waals surface area contributed by atoms with Gasteiger partial charge in [0, 0.05) is 22.9 Å². The fraction of sp³-hybridized carbons (Fsp3) is 0.333. The Morgan fingerprint density at radius 1 is 1.03 bits per heavy atom. The van der Waals surface area contributed by atoms with Crippen LogP contribution in [0.15, 0.2) is 66.7 Å². The predicted molar refractivity (Wildman–Crippen MR) is 151 cm³/mol. The number of anilines is 1. The number of para-hydroxylation sites is 2. The third-order valence-corrected chi connectivity index (χ3v) is 6.94. The van der Waals surface area contributed by atoms with Crippen molar-refractivity contribution < 1.29 is 19.1 Å². The maximum absolute atomic E-state index is 14.3. The molecule has 0 aliphatic rings. The van der Waals surface area contributed by atoms with E-state index in [1.54, 1.807) is 30.0 Å². The standard InChI is InChI=1S/C30H35N5O4/c1-7-30(3,4)31-29(37)28(22-17-16-21(38-5)18-26(22)39-6)35(24-14-10-8-12-20(24)2)27(36)19-34-25-15-11-9-13-23(25)32-33-34/h8-18,28H,7,19H2,1-6H3,(H,31,37)/t28-/m0/s1. The molecule has 4 rings (SSSR count). The normalized spacial score (nSPS) is 12.2. The van der Waals surface area contributed by atoms with Crippen molar-refractivity contribution in [2.75, 3.05) is 19.1 Å². The molecule has 0 unspecified atom stereocenters. The second-order valence-electron chi connectivity index (χ2n) is 10.0. The number of carbonyl (C=O) groups is 2. The van der Waals surface area contributed by atoms with Gasteiger partial charge in [0.15, 0.2) is 0 Å². The van der Waals surface area contributed by atoms with Gasteiger partial charge in [0.25, 0.3) is 0 Å². The van der Waals surface area contributed by atoms with Crippen molar-refractivity contribution in [2.45, 2.75) is 52.2 Å². The second-order valence-corrected chi connectivity index (χ2v) is 10.0. The Morgan fingerprint density at radius 2 is 1.74 bits per heavy atom. The lowest BCUT2D eigenvalue weighted by molar-refractivity contribution is -0.128. The first-order chi connectivity index (χ1) is 18.7. The van der Waals surface area contributed by atoms with Crippen LogP contribution in [0.4, 0.5) is 5.69 Å². The fourth-order valence-electron chi connectivity index (χ4n) is 4.42. The van der Waals surface area contributed by atoms with Crippen LogP contribution in [-0.2, 0) is 16.1 Å². The summed E-state index contributed by atoms with van der Waals surface area (Å²) in [4.78, 5) is 30.0. The fourth-order valence-corrected chi connectivity index (χ4v) is 4.42. The molecule has 9 nitrogen and oxygen atoms in total. The Kier molecular flexibility index (Phi) is 8.18. The zero-order chi connectivity index (χ0) is 28.2. The minimum absolute atomic E-state index is 0.117. The molecule has 39 heavy (non-hydrogen) atoms. The number of amides is 2. The van der Waals surface area contributed by atoms with Crippen molar-refractivity contribution in [3.05, 3.63) is 77.9 Å². The summed E-state index contributed by atoms with van der Waals surface area (Å²) in [5.41, 5.74) is 2.89. The maximum Gasteiger partial charge on any atom is 0.249 e. The molecular formula is C30H35N5O4. The second kappa shape index (κ2) is 11.6. The van der Waals surface area contributed by atoms with E-state index in [0.717, 1.165) is 11.1 Å². The number of nitrogens with zero attached hydrogens (tertiary/aromatic N) is 4. The molecule has 1 atom stereocenters. The summed E-state index contributed by atoms with van der Waals surface area (Å²) in [6.07, 6.45) is 0.703. The van der Waals surface area contributed by atoms with E-state index in [9.17, 15) is 9.59 Å². The quantitative estimate of drug-likeness (QED) is 0.316. The lowest BCUT2D eigenvalue weighted by Crippen LogP contribution is -2.51. The molecule has 0 bridgehead atoms. The third kappa shape index (κ3) is 5.87. The van der Waals surface area contributed by atoms with Crippen LogP contribution in [0.1, 0.15) is 44.4 Å². The molecule has 0 saturated heterocycles. The maximum atomic E-state index is 14.3. The number of nitrogens with one attached hydrogen (secondary N) is 1. The molecule has 1 aromatic heterocycles. The van der Waals surface area contributed by atoms with Gasteiger partial charge in [-0.15, -0.1) is 5.10 Å². The van der Waals surface area contributed by atoms with Gasteiger partial charge in [-0.05, 0) is 63.1 Å². The number of benzene rings is 3. The zero-order valence-corrected chi connectivity index (χ0v) is 23.3.